The lowest BCUT2D eigenvalue weighted by Gasteiger charge is -2.29. The lowest BCUT2D eigenvalue weighted by molar-refractivity contribution is -0.128. The molecule has 0 spiro atoms. The molecule has 0 aromatic heterocycles. The van der Waals surface area contributed by atoms with Crippen LogP contribution in [0.1, 0.15) is 17.4 Å². The molecule has 0 radical (unpaired) electrons. The molecule has 0 N–H and O–H groups in total. The zero-order chi connectivity index (χ0) is 14.5. The number of thioether (sulfide) groups is 1. The molecule has 1 atom stereocenters. The van der Waals surface area contributed by atoms with Crippen LogP contribution in [0, 0.1) is 0 Å². The second kappa shape index (κ2) is 7.29. The van der Waals surface area contributed by atoms with Gasteiger partial charge in [-0.15, -0.1) is 11.8 Å². The van der Waals surface area contributed by atoms with E-state index in [2.05, 4.69) is 17.0 Å². The molecule has 1 amide bonds. The minimum absolute atomic E-state index is 0.198. The third-order valence-corrected chi connectivity index (χ3v) is 5.29. The first-order valence-corrected chi connectivity index (χ1v) is 8.65. The van der Waals surface area contributed by atoms with Crippen LogP contribution in [-0.4, -0.2) is 60.9 Å². The van der Waals surface area contributed by atoms with Crippen molar-refractivity contribution in [2.75, 3.05) is 45.1 Å². The monoisotopic (exact) mass is 306 g/mol. The van der Waals surface area contributed by atoms with Gasteiger partial charge in [0, 0.05) is 26.2 Å². The third kappa shape index (κ3) is 3.78. The van der Waals surface area contributed by atoms with Gasteiger partial charge in [-0.25, -0.2) is 0 Å². The van der Waals surface area contributed by atoms with Crippen molar-refractivity contribution < 1.29 is 9.53 Å². The van der Waals surface area contributed by atoms with E-state index in [-0.39, 0.29) is 11.3 Å². The number of morpholine rings is 1. The van der Waals surface area contributed by atoms with Crippen molar-refractivity contribution in [3.05, 3.63) is 35.9 Å². The molecule has 4 nitrogen and oxygen atoms in total. The van der Waals surface area contributed by atoms with Crippen molar-refractivity contribution in [2.45, 2.75) is 11.8 Å². The van der Waals surface area contributed by atoms with Gasteiger partial charge in [-0.1, -0.05) is 30.3 Å². The van der Waals surface area contributed by atoms with E-state index in [1.165, 1.54) is 5.56 Å². The summed E-state index contributed by atoms with van der Waals surface area (Å²) in [6, 6.07) is 10.3. The van der Waals surface area contributed by atoms with Gasteiger partial charge in [-0.05, 0) is 12.0 Å². The van der Waals surface area contributed by atoms with E-state index in [1.54, 1.807) is 11.8 Å². The highest BCUT2D eigenvalue weighted by Crippen LogP contribution is 2.38. The summed E-state index contributed by atoms with van der Waals surface area (Å²) in [5, 5.41) is 0.198. The number of ether oxygens (including phenoxy) is 1. The van der Waals surface area contributed by atoms with Gasteiger partial charge in [0.05, 0.1) is 19.0 Å². The van der Waals surface area contributed by atoms with E-state index in [0.717, 1.165) is 45.8 Å². The first-order valence-electron chi connectivity index (χ1n) is 7.61. The van der Waals surface area contributed by atoms with E-state index in [0.29, 0.717) is 5.75 Å². The number of carbonyl (C=O) groups is 1. The second-order valence-corrected chi connectivity index (χ2v) is 6.54. The Balaban J connectivity index is 1.53. The van der Waals surface area contributed by atoms with E-state index in [9.17, 15) is 4.79 Å². The summed E-state index contributed by atoms with van der Waals surface area (Å²) >= 11 is 1.74. The maximum absolute atomic E-state index is 12.1. The SMILES string of the molecule is O=C1CSC(c2ccccc2)N1CCCN1CCOCC1. The molecule has 2 aliphatic rings. The van der Waals surface area contributed by atoms with E-state index in [1.807, 2.05) is 23.1 Å². The molecular formula is C16H22N2O2S. The van der Waals surface area contributed by atoms with Gasteiger partial charge in [0.1, 0.15) is 5.37 Å². The van der Waals surface area contributed by atoms with Gasteiger partial charge >= 0.3 is 0 Å². The minimum atomic E-state index is 0.198. The van der Waals surface area contributed by atoms with Gasteiger partial charge in [-0.2, -0.15) is 0 Å². The van der Waals surface area contributed by atoms with Crippen LogP contribution in [0.2, 0.25) is 0 Å². The van der Waals surface area contributed by atoms with E-state index in [4.69, 9.17) is 4.74 Å². The number of hydrogen-bond donors (Lipinski definition) is 0. The number of nitrogens with zero attached hydrogens (tertiary/aromatic N) is 2. The molecule has 3 rings (SSSR count). The summed E-state index contributed by atoms with van der Waals surface area (Å²) in [6.07, 6.45) is 1.04. The largest absolute Gasteiger partial charge is 0.379 e. The van der Waals surface area contributed by atoms with Gasteiger partial charge in [0.2, 0.25) is 5.91 Å². The Bertz CT molecular complexity index is 463. The van der Waals surface area contributed by atoms with E-state index < -0.39 is 0 Å². The molecule has 1 unspecified atom stereocenters. The number of benzene rings is 1. The van der Waals surface area contributed by atoms with Crippen LogP contribution in [-0.2, 0) is 9.53 Å². The molecule has 2 aliphatic heterocycles. The number of amides is 1. The Hall–Kier alpha value is -1.04. The van der Waals surface area contributed by atoms with Crippen molar-refractivity contribution in [3.63, 3.8) is 0 Å². The van der Waals surface area contributed by atoms with Crippen LogP contribution in [0.25, 0.3) is 0 Å². The topological polar surface area (TPSA) is 32.8 Å². The molecular weight excluding hydrogens is 284 g/mol. The Morgan fingerprint density at radius 2 is 1.90 bits per heavy atom. The molecule has 5 heteroatoms. The fraction of sp³-hybridized carbons (Fsp3) is 0.562. The lowest BCUT2D eigenvalue weighted by Crippen LogP contribution is -2.38. The Morgan fingerprint density at radius 3 is 2.67 bits per heavy atom. The quantitative estimate of drug-likeness (QED) is 0.833. The Kier molecular flexibility index (Phi) is 5.17. The van der Waals surface area contributed by atoms with Crippen molar-refractivity contribution >= 4 is 17.7 Å². The first-order chi connectivity index (χ1) is 10.3. The van der Waals surface area contributed by atoms with Crippen LogP contribution in [0.4, 0.5) is 0 Å². The zero-order valence-corrected chi connectivity index (χ0v) is 13.1. The van der Waals surface area contributed by atoms with Crippen LogP contribution in [0.3, 0.4) is 0 Å². The molecule has 2 fully saturated rings. The molecule has 2 heterocycles. The fourth-order valence-electron chi connectivity index (χ4n) is 2.88. The molecule has 0 aliphatic carbocycles. The lowest BCUT2D eigenvalue weighted by atomic mass is 10.2. The maximum atomic E-state index is 12.1. The number of rotatable bonds is 5. The zero-order valence-electron chi connectivity index (χ0n) is 12.2. The first kappa shape index (κ1) is 14.9. The smallest absolute Gasteiger partial charge is 0.233 e. The molecule has 0 bridgehead atoms. The highest BCUT2D eigenvalue weighted by molar-refractivity contribution is 8.00. The normalized spacial score (nSPS) is 23.7. The summed E-state index contributed by atoms with van der Waals surface area (Å²) in [4.78, 5) is 16.6. The van der Waals surface area contributed by atoms with E-state index >= 15 is 0 Å². The predicted octanol–water partition coefficient (Wildman–Crippen LogP) is 1.98. The van der Waals surface area contributed by atoms with Gasteiger partial charge in [0.25, 0.3) is 0 Å². The van der Waals surface area contributed by atoms with Crippen LogP contribution < -0.4 is 0 Å². The maximum Gasteiger partial charge on any atom is 0.233 e. The molecule has 0 saturated carbocycles. The molecule has 1 aromatic rings. The van der Waals surface area contributed by atoms with Crippen molar-refractivity contribution in [1.29, 1.82) is 0 Å². The molecule has 21 heavy (non-hydrogen) atoms. The van der Waals surface area contributed by atoms with Gasteiger partial charge in [-0.3, -0.25) is 9.69 Å². The summed E-state index contributed by atoms with van der Waals surface area (Å²) < 4.78 is 5.36. The molecule has 2 saturated heterocycles. The summed E-state index contributed by atoms with van der Waals surface area (Å²) in [6.45, 7) is 5.62. The number of carbonyl (C=O) groups excluding carboxylic acids is 1. The van der Waals surface area contributed by atoms with Gasteiger partial charge < -0.3 is 9.64 Å². The standard InChI is InChI=1S/C16H22N2O2S/c19-15-13-21-16(14-5-2-1-3-6-14)18(15)8-4-7-17-9-11-20-12-10-17/h1-3,5-6,16H,4,7-13H2. The van der Waals surface area contributed by atoms with Crippen molar-refractivity contribution in [1.82, 2.24) is 9.80 Å². The number of hydrogen-bond acceptors (Lipinski definition) is 4. The summed E-state index contributed by atoms with van der Waals surface area (Å²) in [5.41, 5.74) is 1.24. The third-order valence-electron chi connectivity index (χ3n) is 4.03. The summed E-state index contributed by atoms with van der Waals surface area (Å²) in [5.74, 6) is 0.882. The van der Waals surface area contributed by atoms with Crippen molar-refractivity contribution in [3.8, 4) is 0 Å². The van der Waals surface area contributed by atoms with Crippen LogP contribution in [0.5, 0.6) is 0 Å². The highest BCUT2D eigenvalue weighted by atomic mass is 32.2. The fourth-order valence-corrected chi connectivity index (χ4v) is 4.10. The van der Waals surface area contributed by atoms with Crippen molar-refractivity contribution in [2.24, 2.45) is 0 Å². The van der Waals surface area contributed by atoms with Crippen LogP contribution in [0.15, 0.2) is 30.3 Å². The average molecular weight is 306 g/mol. The average Bonchev–Trinajstić information content (AvgIpc) is 2.91. The minimum Gasteiger partial charge on any atom is -0.379 e. The Morgan fingerprint density at radius 1 is 1.14 bits per heavy atom. The van der Waals surface area contributed by atoms with Gasteiger partial charge in [0.15, 0.2) is 0 Å². The predicted molar refractivity (Wildman–Crippen MR) is 85.2 cm³/mol. The second-order valence-electron chi connectivity index (χ2n) is 5.47. The Labute approximate surface area is 130 Å². The summed E-state index contributed by atoms with van der Waals surface area (Å²) in [7, 11) is 0. The molecule has 1 aromatic carbocycles. The highest BCUT2D eigenvalue weighted by Gasteiger charge is 2.32. The molecule has 114 valence electrons. The van der Waals surface area contributed by atoms with Crippen LogP contribution >= 0.6 is 11.8 Å².